The Balaban J connectivity index is 2.13. The molecule has 0 saturated carbocycles. The summed E-state index contributed by atoms with van der Waals surface area (Å²) in [5.41, 5.74) is 0.705. The van der Waals surface area contributed by atoms with E-state index in [1.165, 1.54) is 10.7 Å². The van der Waals surface area contributed by atoms with E-state index in [0.717, 1.165) is 0 Å². The maximum absolute atomic E-state index is 12.6. The third-order valence-electron chi connectivity index (χ3n) is 2.54. The van der Waals surface area contributed by atoms with Gasteiger partial charge in [-0.25, -0.2) is 17.9 Å². The second-order valence-corrected chi connectivity index (χ2v) is 5.44. The van der Waals surface area contributed by atoms with Gasteiger partial charge < -0.3 is 0 Å². The summed E-state index contributed by atoms with van der Waals surface area (Å²) in [4.78, 5) is 1.87. The molecule has 1 aromatic heterocycles. The van der Waals surface area contributed by atoms with Gasteiger partial charge >= 0.3 is 0 Å². The molecule has 0 unspecified atom stereocenters. The van der Waals surface area contributed by atoms with Crippen LogP contribution in [0.3, 0.4) is 0 Å². The van der Waals surface area contributed by atoms with Crippen molar-refractivity contribution in [2.24, 2.45) is 12.2 Å². The van der Waals surface area contributed by atoms with Gasteiger partial charge in [0.1, 0.15) is 6.17 Å². The Hall–Kier alpha value is -0.990. The number of primary sulfonamides is 1. The number of hydrogen-bond acceptors (Lipinski definition) is 4. The van der Waals surface area contributed by atoms with Crippen LogP contribution in [0.1, 0.15) is 5.69 Å². The van der Waals surface area contributed by atoms with Crippen molar-refractivity contribution in [3.8, 4) is 0 Å². The lowest BCUT2D eigenvalue weighted by Crippen LogP contribution is -2.47. The molecule has 0 aromatic carbocycles. The lowest BCUT2D eigenvalue weighted by molar-refractivity contribution is 0.0570. The average molecular weight is 248 g/mol. The standard InChI is InChI=1S/C8H13FN4O2S/c1-12-7(5-13-3-6(9)4-13)2-8(11-12)16(10,14)15/h2,6H,3-5H2,1H3,(H2,10,14,15). The summed E-state index contributed by atoms with van der Waals surface area (Å²) in [7, 11) is -2.13. The highest BCUT2D eigenvalue weighted by molar-refractivity contribution is 7.89. The van der Waals surface area contributed by atoms with E-state index in [1.54, 1.807) is 7.05 Å². The van der Waals surface area contributed by atoms with Crippen molar-refractivity contribution in [1.29, 1.82) is 0 Å². The van der Waals surface area contributed by atoms with Crippen molar-refractivity contribution in [1.82, 2.24) is 14.7 Å². The van der Waals surface area contributed by atoms with E-state index < -0.39 is 16.2 Å². The molecule has 0 radical (unpaired) electrons. The summed E-state index contributed by atoms with van der Waals surface area (Å²) in [6.45, 7) is 1.26. The van der Waals surface area contributed by atoms with Crippen molar-refractivity contribution in [3.05, 3.63) is 11.8 Å². The Bertz CT molecular complexity index is 492. The largest absolute Gasteiger partial charge is 0.292 e. The van der Waals surface area contributed by atoms with Gasteiger partial charge in [0.15, 0.2) is 5.03 Å². The smallest absolute Gasteiger partial charge is 0.257 e. The van der Waals surface area contributed by atoms with Crippen LogP contribution in [-0.2, 0) is 23.6 Å². The van der Waals surface area contributed by atoms with Crippen LogP contribution in [-0.4, -0.2) is 42.4 Å². The molecule has 90 valence electrons. The molecule has 1 aromatic rings. The normalized spacial score (nSPS) is 18.7. The molecule has 0 atom stereocenters. The minimum Gasteiger partial charge on any atom is -0.292 e. The highest BCUT2D eigenvalue weighted by Gasteiger charge is 2.27. The van der Waals surface area contributed by atoms with Gasteiger partial charge in [-0.1, -0.05) is 0 Å². The van der Waals surface area contributed by atoms with E-state index in [2.05, 4.69) is 5.10 Å². The summed E-state index contributed by atoms with van der Waals surface area (Å²) in [5.74, 6) is 0. The minimum absolute atomic E-state index is 0.151. The van der Waals surface area contributed by atoms with E-state index in [4.69, 9.17) is 5.14 Å². The van der Waals surface area contributed by atoms with Crippen LogP contribution in [0.4, 0.5) is 4.39 Å². The summed E-state index contributed by atoms with van der Waals surface area (Å²) < 4.78 is 36.1. The van der Waals surface area contributed by atoms with Gasteiger partial charge in [0, 0.05) is 32.7 Å². The topological polar surface area (TPSA) is 81.2 Å². The highest BCUT2D eigenvalue weighted by Crippen LogP contribution is 2.16. The predicted molar refractivity (Wildman–Crippen MR) is 54.8 cm³/mol. The third-order valence-corrected chi connectivity index (χ3v) is 3.33. The predicted octanol–water partition coefficient (Wildman–Crippen LogP) is -0.779. The van der Waals surface area contributed by atoms with Crippen molar-refractivity contribution >= 4 is 10.0 Å². The summed E-state index contributed by atoms with van der Waals surface area (Å²) >= 11 is 0. The van der Waals surface area contributed by atoms with Gasteiger partial charge in [-0.3, -0.25) is 9.58 Å². The quantitative estimate of drug-likeness (QED) is 0.761. The van der Waals surface area contributed by atoms with Gasteiger partial charge in [-0.05, 0) is 0 Å². The molecule has 1 saturated heterocycles. The SMILES string of the molecule is Cn1nc(S(N)(=O)=O)cc1CN1CC(F)C1. The Morgan fingerprint density at radius 3 is 2.69 bits per heavy atom. The van der Waals surface area contributed by atoms with Crippen LogP contribution in [0.5, 0.6) is 0 Å². The van der Waals surface area contributed by atoms with Crippen LogP contribution < -0.4 is 5.14 Å². The van der Waals surface area contributed by atoms with Crippen LogP contribution >= 0.6 is 0 Å². The molecule has 16 heavy (non-hydrogen) atoms. The fourth-order valence-corrected chi connectivity index (χ4v) is 2.17. The number of aromatic nitrogens is 2. The molecular formula is C8H13FN4O2S. The average Bonchev–Trinajstić information content (AvgIpc) is 2.44. The van der Waals surface area contributed by atoms with Gasteiger partial charge in [0.2, 0.25) is 0 Å². The van der Waals surface area contributed by atoms with Crippen LogP contribution in [0.25, 0.3) is 0 Å². The zero-order chi connectivity index (χ0) is 11.9. The molecule has 6 nitrogen and oxygen atoms in total. The molecule has 2 rings (SSSR count). The zero-order valence-electron chi connectivity index (χ0n) is 8.80. The number of nitrogens with two attached hydrogens (primary N) is 1. The van der Waals surface area contributed by atoms with Gasteiger partial charge in [-0.2, -0.15) is 5.10 Å². The molecule has 0 amide bonds. The number of halogens is 1. The summed E-state index contributed by atoms with van der Waals surface area (Å²) in [6, 6.07) is 1.42. The number of nitrogens with zero attached hydrogens (tertiary/aromatic N) is 3. The lowest BCUT2D eigenvalue weighted by Gasteiger charge is -2.33. The van der Waals surface area contributed by atoms with Gasteiger partial charge in [0.05, 0.1) is 5.69 Å². The number of hydrogen-bond donors (Lipinski definition) is 1. The Morgan fingerprint density at radius 1 is 1.62 bits per heavy atom. The molecule has 0 bridgehead atoms. The number of sulfonamides is 1. The molecule has 1 aliphatic heterocycles. The van der Waals surface area contributed by atoms with Crippen molar-refractivity contribution in [2.75, 3.05) is 13.1 Å². The summed E-state index contributed by atoms with van der Waals surface area (Å²) in [6.07, 6.45) is -0.772. The van der Waals surface area contributed by atoms with E-state index in [-0.39, 0.29) is 5.03 Å². The first-order valence-corrected chi connectivity index (χ1v) is 6.33. The molecule has 2 heterocycles. The fraction of sp³-hybridized carbons (Fsp3) is 0.625. The van der Waals surface area contributed by atoms with Crippen LogP contribution in [0.2, 0.25) is 0 Å². The molecule has 0 aliphatic carbocycles. The fourth-order valence-electron chi connectivity index (χ4n) is 1.63. The first-order valence-electron chi connectivity index (χ1n) is 4.78. The van der Waals surface area contributed by atoms with Crippen molar-refractivity contribution < 1.29 is 12.8 Å². The minimum atomic E-state index is -3.76. The monoisotopic (exact) mass is 248 g/mol. The van der Waals surface area contributed by atoms with Crippen LogP contribution in [0.15, 0.2) is 11.1 Å². The molecule has 8 heteroatoms. The van der Waals surface area contributed by atoms with Gasteiger partial charge in [0.25, 0.3) is 10.0 Å². The number of likely N-dealkylation sites (tertiary alicyclic amines) is 1. The molecule has 1 aliphatic rings. The lowest BCUT2D eigenvalue weighted by atomic mass is 10.2. The maximum atomic E-state index is 12.6. The molecule has 1 fully saturated rings. The Labute approximate surface area is 92.9 Å². The number of aryl methyl sites for hydroxylation is 1. The van der Waals surface area contributed by atoms with E-state index in [1.807, 2.05) is 4.90 Å². The van der Waals surface area contributed by atoms with Crippen molar-refractivity contribution in [3.63, 3.8) is 0 Å². The maximum Gasteiger partial charge on any atom is 0.257 e. The second-order valence-electron chi connectivity index (χ2n) is 3.93. The molecule has 2 N–H and O–H groups in total. The summed E-state index contributed by atoms with van der Waals surface area (Å²) in [5, 5.41) is 8.61. The second kappa shape index (κ2) is 3.79. The zero-order valence-corrected chi connectivity index (χ0v) is 9.61. The van der Waals surface area contributed by atoms with E-state index in [9.17, 15) is 12.8 Å². The molecular weight excluding hydrogens is 235 g/mol. The first-order chi connectivity index (χ1) is 7.36. The van der Waals surface area contributed by atoms with E-state index in [0.29, 0.717) is 25.3 Å². The Morgan fingerprint density at radius 2 is 2.25 bits per heavy atom. The van der Waals surface area contributed by atoms with E-state index >= 15 is 0 Å². The number of alkyl halides is 1. The highest BCUT2D eigenvalue weighted by atomic mass is 32.2. The third kappa shape index (κ3) is 2.23. The number of rotatable bonds is 3. The van der Waals surface area contributed by atoms with Crippen LogP contribution in [0, 0.1) is 0 Å². The van der Waals surface area contributed by atoms with Gasteiger partial charge in [-0.15, -0.1) is 0 Å². The molecule has 0 spiro atoms. The first kappa shape index (κ1) is 11.5. The Kier molecular flexibility index (Phi) is 2.72. The van der Waals surface area contributed by atoms with Crippen molar-refractivity contribution in [2.45, 2.75) is 17.7 Å².